The topological polar surface area (TPSA) is 41.0 Å². The molecule has 1 saturated heterocycles. The third kappa shape index (κ3) is 4.03. The number of hydrogen-bond donors (Lipinski definition) is 1. The summed E-state index contributed by atoms with van der Waals surface area (Å²) in [7, 11) is 0. The van der Waals surface area contributed by atoms with Gasteiger partial charge in [0.25, 0.3) is 0 Å². The maximum Gasteiger partial charge on any atom is 0.142 e. The van der Waals surface area contributed by atoms with E-state index in [-0.39, 0.29) is 5.54 Å². The van der Waals surface area contributed by atoms with Crippen LogP contribution in [0.1, 0.15) is 39.4 Å². The molecular weight excluding hydrogens is 224 g/mol. The van der Waals surface area contributed by atoms with E-state index in [4.69, 9.17) is 0 Å². The Bertz CT molecular complexity index is 358. The third-order valence-corrected chi connectivity index (χ3v) is 3.33. The highest BCUT2D eigenvalue weighted by atomic mass is 15.2. The van der Waals surface area contributed by atoms with Crippen LogP contribution < -0.4 is 5.32 Å². The summed E-state index contributed by atoms with van der Waals surface area (Å²) >= 11 is 0. The number of likely N-dealkylation sites (tertiary alicyclic amines) is 1. The maximum atomic E-state index is 4.31. The van der Waals surface area contributed by atoms with E-state index in [1.807, 2.05) is 18.5 Å². The molecule has 0 amide bonds. The van der Waals surface area contributed by atoms with Crippen molar-refractivity contribution in [2.75, 3.05) is 13.1 Å². The summed E-state index contributed by atoms with van der Waals surface area (Å²) < 4.78 is 0. The average Bonchev–Trinajstić information content (AvgIpc) is 2.74. The average molecular weight is 248 g/mol. The molecule has 0 aromatic carbocycles. The van der Waals surface area contributed by atoms with Gasteiger partial charge in [-0.05, 0) is 46.2 Å². The predicted octanol–water partition coefficient (Wildman–Crippen LogP) is 1.83. The Kier molecular flexibility index (Phi) is 4.30. The van der Waals surface area contributed by atoms with E-state index in [0.717, 1.165) is 25.5 Å². The van der Waals surface area contributed by atoms with Crippen LogP contribution in [0.2, 0.25) is 0 Å². The van der Waals surface area contributed by atoms with Gasteiger partial charge in [0.1, 0.15) is 5.82 Å². The lowest BCUT2D eigenvalue weighted by Gasteiger charge is -2.28. The van der Waals surface area contributed by atoms with E-state index in [0.29, 0.717) is 6.04 Å². The largest absolute Gasteiger partial charge is 0.311 e. The lowest BCUT2D eigenvalue weighted by molar-refractivity contribution is 0.221. The van der Waals surface area contributed by atoms with Crippen LogP contribution in [-0.4, -0.2) is 39.5 Å². The van der Waals surface area contributed by atoms with Crippen molar-refractivity contribution in [1.29, 1.82) is 0 Å². The number of rotatable bonds is 4. The number of nitrogens with zero attached hydrogens (tertiary/aromatic N) is 3. The zero-order chi connectivity index (χ0) is 13.0. The number of aromatic nitrogens is 2. The van der Waals surface area contributed by atoms with Crippen molar-refractivity contribution in [3.63, 3.8) is 0 Å². The second-order valence-corrected chi connectivity index (χ2v) is 6.06. The Labute approximate surface area is 110 Å². The van der Waals surface area contributed by atoms with E-state index in [1.165, 1.54) is 12.8 Å². The molecule has 1 unspecified atom stereocenters. The molecule has 1 N–H and O–H groups in total. The van der Waals surface area contributed by atoms with Crippen molar-refractivity contribution in [3.05, 3.63) is 24.3 Å². The van der Waals surface area contributed by atoms with Gasteiger partial charge in [-0.3, -0.25) is 4.90 Å². The van der Waals surface area contributed by atoms with E-state index in [1.54, 1.807) is 0 Å². The van der Waals surface area contributed by atoms with Crippen molar-refractivity contribution in [2.24, 2.45) is 0 Å². The molecule has 1 aliphatic heterocycles. The lowest BCUT2D eigenvalue weighted by Crippen LogP contribution is -2.45. The van der Waals surface area contributed by atoms with Gasteiger partial charge in [-0.2, -0.15) is 0 Å². The Morgan fingerprint density at radius 1 is 1.33 bits per heavy atom. The van der Waals surface area contributed by atoms with Gasteiger partial charge in [0.05, 0.1) is 6.54 Å². The highest BCUT2D eigenvalue weighted by molar-refractivity contribution is 4.92. The molecular formula is C14H24N4. The maximum absolute atomic E-state index is 4.31. The zero-order valence-corrected chi connectivity index (χ0v) is 11.7. The second kappa shape index (κ2) is 5.76. The predicted molar refractivity (Wildman–Crippen MR) is 73.2 cm³/mol. The first-order valence-corrected chi connectivity index (χ1v) is 6.79. The van der Waals surface area contributed by atoms with Gasteiger partial charge >= 0.3 is 0 Å². The van der Waals surface area contributed by atoms with Crippen LogP contribution in [0.25, 0.3) is 0 Å². The summed E-state index contributed by atoms with van der Waals surface area (Å²) in [5.41, 5.74) is 0.192. The zero-order valence-electron chi connectivity index (χ0n) is 11.7. The Balaban J connectivity index is 1.88. The van der Waals surface area contributed by atoms with Gasteiger partial charge in [0, 0.05) is 30.5 Å². The summed E-state index contributed by atoms with van der Waals surface area (Å²) in [6, 6.07) is 2.49. The molecule has 1 atom stereocenters. The molecule has 1 aromatic heterocycles. The Morgan fingerprint density at radius 2 is 2.06 bits per heavy atom. The molecule has 0 aliphatic carbocycles. The first-order chi connectivity index (χ1) is 8.54. The van der Waals surface area contributed by atoms with E-state index >= 15 is 0 Å². The van der Waals surface area contributed by atoms with Crippen LogP contribution >= 0.6 is 0 Å². The molecule has 1 fully saturated rings. The number of nitrogens with one attached hydrogen (secondary N) is 1. The second-order valence-electron chi connectivity index (χ2n) is 6.06. The van der Waals surface area contributed by atoms with Gasteiger partial charge in [-0.1, -0.05) is 0 Å². The van der Waals surface area contributed by atoms with Gasteiger partial charge in [-0.25, -0.2) is 9.97 Å². The molecule has 4 heteroatoms. The SMILES string of the molecule is CC(C)(C)NCC1CCCN1Cc1ncccn1. The van der Waals surface area contributed by atoms with Crippen LogP contribution in [0.5, 0.6) is 0 Å². The Morgan fingerprint density at radius 3 is 2.72 bits per heavy atom. The molecule has 100 valence electrons. The summed E-state index contributed by atoms with van der Waals surface area (Å²) in [6.07, 6.45) is 6.20. The molecule has 0 radical (unpaired) electrons. The molecule has 18 heavy (non-hydrogen) atoms. The van der Waals surface area contributed by atoms with Crippen LogP contribution in [0.4, 0.5) is 0 Å². The minimum atomic E-state index is 0.192. The first kappa shape index (κ1) is 13.4. The van der Waals surface area contributed by atoms with Crippen molar-refractivity contribution >= 4 is 0 Å². The van der Waals surface area contributed by atoms with Gasteiger partial charge in [-0.15, -0.1) is 0 Å². The van der Waals surface area contributed by atoms with Gasteiger partial charge < -0.3 is 5.32 Å². The summed E-state index contributed by atoms with van der Waals surface area (Å²) in [6.45, 7) is 9.73. The smallest absolute Gasteiger partial charge is 0.142 e. The quantitative estimate of drug-likeness (QED) is 0.882. The molecule has 2 rings (SSSR count). The molecule has 0 spiro atoms. The summed E-state index contributed by atoms with van der Waals surface area (Å²) in [5, 5.41) is 3.60. The molecule has 0 saturated carbocycles. The van der Waals surface area contributed by atoms with Gasteiger partial charge in [0.15, 0.2) is 0 Å². The normalized spacial score (nSPS) is 21.4. The molecule has 1 aliphatic rings. The summed E-state index contributed by atoms with van der Waals surface area (Å²) in [4.78, 5) is 11.1. The van der Waals surface area contributed by atoms with E-state index < -0.39 is 0 Å². The fourth-order valence-corrected chi connectivity index (χ4v) is 2.35. The summed E-state index contributed by atoms with van der Waals surface area (Å²) in [5.74, 6) is 0.931. The minimum absolute atomic E-state index is 0.192. The standard InChI is InChI=1S/C14H24N4/c1-14(2,3)17-10-12-6-4-9-18(12)11-13-15-7-5-8-16-13/h5,7-8,12,17H,4,6,9-11H2,1-3H3. The van der Waals surface area contributed by atoms with Crippen molar-refractivity contribution < 1.29 is 0 Å². The molecule has 4 nitrogen and oxygen atoms in total. The van der Waals surface area contributed by atoms with E-state index in [9.17, 15) is 0 Å². The fourth-order valence-electron chi connectivity index (χ4n) is 2.35. The molecule has 0 bridgehead atoms. The Hall–Kier alpha value is -1.00. The number of hydrogen-bond acceptors (Lipinski definition) is 4. The van der Waals surface area contributed by atoms with Crippen LogP contribution in [-0.2, 0) is 6.54 Å². The van der Waals surface area contributed by atoms with Crippen molar-refractivity contribution in [3.8, 4) is 0 Å². The lowest BCUT2D eigenvalue weighted by atomic mass is 10.1. The van der Waals surface area contributed by atoms with Crippen LogP contribution in [0.15, 0.2) is 18.5 Å². The highest BCUT2D eigenvalue weighted by Crippen LogP contribution is 2.18. The molecule has 2 heterocycles. The first-order valence-electron chi connectivity index (χ1n) is 6.79. The molecule has 1 aromatic rings. The van der Waals surface area contributed by atoms with Crippen LogP contribution in [0, 0.1) is 0 Å². The minimum Gasteiger partial charge on any atom is -0.311 e. The fraction of sp³-hybridized carbons (Fsp3) is 0.714. The monoisotopic (exact) mass is 248 g/mol. The van der Waals surface area contributed by atoms with Crippen molar-refractivity contribution in [2.45, 2.75) is 51.7 Å². The van der Waals surface area contributed by atoms with Crippen molar-refractivity contribution in [1.82, 2.24) is 20.2 Å². The van der Waals surface area contributed by atoms with Gasteiger partial charge in [0.2, 0.25) is 0 Å². The highest BCUT2D eigenvalue weighted by Gasteiger charge is 2.26. The third-order valence-electron chi connectivity index (χ3n) is 3.33. The van der Waals surface area contributed by atoms with E-state index in [2.05, 4.69) is 41.0 Å². The van der Waals surface area contributed by atoms with Crippen LogP contribution in [0.3, 0.4) is 0 Å².